The van der Waals surface area contributed by atoms with Gasteiger partial charge in [0.1, 0.15) is 0 Å². The molecule has 0 aromatic carbocycles. The third-order valence-corrected chi connectivity index (χ3v) is 1.88. The van der Waals surface area contributed by atoms with Crippen LogP contribution in [0.2, 0.25) is 0 Å². The highest BCUT2D eigenvalue weighted by atomic mass is 16.5. The third-order valence-electron chi connectivity index (χ3n) is 1.88. The van der Waals surface area contributed by atoms with Gasteiger partial charge in [-0.2, -0.15) is 0 Å². The van der Waals surface area contributed by atoms with E-state index in [1.165, 1.54) is 0 Å². The Hall–Kier alpha value is -0.0800. The maximum absolute atomic E-state index is 5.65. The van der Waals surface area contributed by atoms with Crippen molar-refractivity contribution in [2.75, 3.05) is 27.2 Å². The minimum absolute atomic E-state index is 0.0516. The number of hydrogen-bond donors (Lipinski definition) is 0. The van der Waals surface area contributed by atoms with E-state index < -0.39 is 0 Å². The van der Waals surface area contributed by atoms with Crippen molar-refractivity contribution in [3.05, 3.63) is 0 Å². The van der Waals surface area contributed by atoms with Crippen LogP contribution in [0.25, 0.3) is 0 Å². The molecule has 2 nitrogen and oxygen atoms in total. The van der Waals surface area contributed by atoms with Crippen LogP contribution in [0.5, 0.6) is 0 Å². The minimum Gasteiger partial charge on any atom is -0.374 e. The molecule has 0 rings (SSSR count). The first-order valence-electron chi connectivity index (χ1n) is 4.26. The average Bonchev–Trinajstić information content (AvgIpc) is 1.87. The molecule has 0 atom stereocenters. The van der Waals surface area contributed by atoms with E-state index in [0.717, 1.165) is 19.6 Å². The highest BCUT2D eigenvalue weighted by molar-refractivity contribution is 4.64. The molecule has 0 radical (unpaired) electrons. The summed E-state index contributed by atoms with van der Waals surface area (Å²) in [7, 11) is 4.12. The standard InChI is InChI=1S/C9H21NO/c1-6-9(2,3)11-8-7-10(4)5/h6-8H2,1-5H3. The first-order valence-corrected chi connectivity index (χ1v) is 4.26. The molecule has 0 amide bonds. The Bertz CT molecular complexity index is 99.7. The lowest BCUT2D eigenvalue weighted by molar-refractivity contribution is -0.0250. The largest absolute Gasteiger partial charge is 0.374 e. The minimum atomic E-state index is 0.0516. The Morgan fingerprint density at radius 3 is 2.18 bits per heavy atom. The third kappa shape index (κ3) is 6.32. The first kappa shape index (κ1) is 10.9. The van der Waals surface area contributed by atoms with Gasteiger partial charge in [0.15, 0.2) is 0 Å². The summed E-state index contributed by atoms with van der Waals surface area (Å²) in [5, 5.41) is 0. The molecular weight excluding hydrogens is 138 g/mol. The van der Waals surface area contributed by atoms with Crippen LogP contribution in [0.3, 0.4) is 0 Å². The fourth-order valence-electron chi connectivity index (χ4n) is 0.607. The van der Waals surface area contributed by atoms with Crippen LogP contribution < -0.4 is 0 Å². The summed E-state index contributed by atoms with van der Waals surface area (Å²) in [4.78, 5) is 2.13. The van der Waals surface area contributed by atoms with Crippen molar-refractivity contribution in [2.24, 2.45) is 0 Å². The van der Waals surface area contributed by atoms with E-state index in [0.29, 0.717) is 0 Å². The molecule has 0 unspecified atom stereocenters. The smallest absolute Gasteiger partial charge is 0.0624 e. The van der Waals surface area contributed by atoms with Gasteiger partial charge in [0.2, 0.25) is 0 Å². The summed E-state index contributed by atoms with van der Waals surface area (Å²) < 4.78 is 5.65. The molecule has 68 valence electrons. The van der Waals surface area contributed by atoms with Gasteiger partial charge < -0.3 is 9.64 Å². The topological polar surface area (TPSA) is 12.5 Å². The lowest BCUT2D eigenvalue weighted by Gasteiger charge is -2.24. The molecule has 0 bridgehead atoms. The van der Waals surface area contributed by atoms with Crippen molar-refractivity contribution in [3.63, 3.8) is 0 Å². The van der Waals surface area contributed by atoms with Crippen LogP contribution in [-0.2, 0) is 4.74 Å². The van der Waals surface area contributed by atoms with Gasteiger partial charge in [-0.15, -0.1) is 0 Å². The molecule has 0 aliphatic heterocycles. The van der Waals surface area contributed by atoms with Gasteiger partial charge in [-0.25, -0.2) is 0 Å². The molecule has 0 aromatic rings. The summed E-state index contributed by atoms with van der Waals surface area (Å²) in [5.74, 6) is 0. The molecule has 2 heteroatoms. The molecular formula is C9H21NO. The molecule has 0 fully saturated rings. The quantitative estimate of drug-likeness (QED) is 0.606. The molecule has 0 saturated carbocycles. The van der Waals surface area contributed by atoms with E-state index in [1.54, 1.807) is 0 Å². The number of hydrogen-bond acceptors (Lipinski definition) is 2. The van der Waals surface area contributed by atoms with E-state index in [9.17, 15) is 0 Å². The van der Waals surface area contributed by atoms with Gasteiger partial charge >= 0.3 is 0 Å². The highest BCUT2D eigenvalue weighted by Crippen LogP contribution is 2.12. The fourth-order valence-corrected chi connectivity index (χ4v) is 0.607. The van der Waals surface area contributed by atoms with E-state index in [2.05, 4.69) is 39.8 Å². The van der Waals surface area contributed by atoms with E-state index in [-0.39, 0.29) is 5.60 Å². The number of likely N-dealkylation sites (N-methyl/N-ethyl adjacent to an activating group) is 1. The van der Waals surface area contributed by atoms with Gasteiger partial charge in [0.05, 0.1) is 12.2 Å². The Morgan fingerprint density at radius 2 is 1.82 bits per heavy atom. The molecule has 0 heterocycles. The van der Waals surface area contributed by atoms with Crippen molar-refractivity contribution < 1.29 is 4.74 Å². The highest BCUT2D eigenvalue weighted by Gasteiger charge is 2.14. The Balaban J connectivity index is 3.38. The van der Waals surface area contributed by atoms with E-state index in [1.807, 2.05) is 0 Å². The molecule has 0 saturated heterocycles. The van der Waals surface area contributed by atoms with Crippen molar-refractivity contribution in [1.82, 2.24) is 4.90 Å². The Labute approximate surface area is 70.5 Å². The predicted octanol–water partition coefficient (Wildman–Crippen LogP) is 1.75. The Kier molecular flexibility index (Phi) is 4.69. The second-order valence-corrected chi connectivity index (χ2v) is 3.76. The first-order chi connectivity index (χ1) is 4.98. The van der Waals surface area contributed by atoms with Crippen LogP contribution in [0.15, 0.2) is 0 Å². The second-order valence-electron chi connectivity index (χ2n) is 3.76. The summed E-state index contributed by atoms with van der Waals surface area (Å²) in [6.07, 6.45) is 1.07. The van der Waals surface area contributed by atoms with Crippen LogP contribution in [-0.4, -0.2) is 37.7 Å². The maximum atomic E-state index is 5.65. The predicted molar refractivity (Wildman–Crippen MR) is 48.9 cm³/mol. The van der Waals surface area contributed by atoms with Gasteiger partial charge in [0.25, 0.3) is 0 Å². The van der Waals surface area contributed by atoms with Crippen molar-refractivity contribution in [2.45, 2.75) is 32.8 Å². The van der Waals surface area contributed by atoms with Crippen LogP contribution in [0.4, 0.5) is 0 Å². The van der Waals surface area contributed by atoms with Crippen LogP contribution in [0, 0.1) is 0 Å². The molecule has 0 aliphatic rings. The normalized spacial score (nSPS) is 12.5. The molecule has 11 heavy (non-hydrogen) atoms. The van der Waals surface area contributed by atoms with E-state index >= 15 is 0 Å². The van der Waals surface area contributed by atoms with Crippen molar-refractivity contribution >= 4 is 0 Å². The zero-order chi connectivity index (χ0) is 8.91. The maximum Gasteiger partial charge on any atom is 0.0624 e. The van der Waals surface area contributed by atoms with Gasteiger partial charge in [-0.05, 0) is 34.4 Å². The fraction of sp³-hybridized carbons (Fsp3) is 1.00. The number of ether oxygens (including phenoxy) is 1. The summed E-state index contributed by atoms with van der Waals surface area (Å²) >= 11 is 0. The molecule has 0 N–H and O–H groups in total. The van der Waals surface area contributed by atoms with Gasteiger partial charge in [0, 0.05) is 6.54 Å². The monoisotopic (exact) mass is 159 g/mol. The molecule has 0 spiro atoms. The second kappa shape index (κ2) is 4.73. The lowest BCUT2D eigenvalue weighted by atomic mass is 10.1. The molecule has 0 aliphatic carbocycles. The van der Waals surface area contributed by atoms with E-state index in [4.69, 9.17) is 4.74 Å². The van der Waals surface area contributed by atoms with Gasteiger partial charge in [-0.3, -0.25) is 0 Å². The zero-order valence-corrected chi connectivity index (χ0v) is 8.48. The molecule has 0 aromatic heterocycles. The van der Waals surface area contributed by atoms with Crippen molar-refractivity contribution in [3.8, 4) is 0 Å². The van der Waals surface area contributed by atoms with Crippen molar-refractivity contribution in [1.29, 1.82) is 0 Å². The average molecular weight is 159 g/mol. The SMILES string of the molecule is CCC(C)(C)OCCN(C)C. The summed E-state index contributed by atoms with van der Waals surface area (Å²) in [6, 6.07) is 0. The van der Waals surface area contributed by atoms with Crippen LogP contribution in [0.1, 0.15) is 27.2 Å². The number of nitrogens with zero attached hydrogens (tertiary/aromatic N) is 1. The Morgan fingerprint density at radius 1 is 1.27 bits per heavy atom. The summed E-state index contributed by atoms with van der Waals surface area (Å²) in [5.41, 5.74) is 0.0516. The number of rotatable bonds is 5. The van der Waals surface area contributed by atoms with Gasteiger partial charge in [-0.1, -0.05) is 6.92 Å². The van der Waals surface area contributed by atoms with Crippen LogP contribution >= 0.6 is 0 Å². The zero-order valence-electron chi connectivity index (χ0n) is 8.48. The lowest BCUT2D eigenvalue weighted by Crippen LogP contribution is -2.28. The summed E-state index contributed by atoms with van der Waals surface area (Å²) in [6.45, 7) is 8.23.